The van der Waals surface area contributed by atoms with Crippen LogP contribution >= 0.6 is 27.5 Å². The molecule has 0 saturated carbocycles. The smallest absolute Gasteiger partial charge is 0.0549 e. The van der Waals surface area contributed by atoms with E-state index in [2.05, 4.69) is 21.2 Å². The topological polar surface area (TPSA) is 32.3 Å². The first-order chi connectivity index (χ1) is 7.63. The second-order valence-corrected chi connectivity index (χ2v) is 5.05. The number of nitrogens with one attached hydrogen (secondary N) is 1. The molecule has 0 radical (unpaired) electrons. The summed E-state index contributed by atoms with van der Waals surface area (Å²) in [5.41, 5.74) is 1.18. The summed E-state index contributed by atoms with van der Waals surface area (Å²) in [5, 5.41) is 13.4. The largest absolute Gasteiger partial charge is 0.393 e. The van der Waals surface area contributed by atoms with Crippen LogP contribution in [0.5, 0.6) is 0 Å². The molecule has 0 aromatic heterocycles. The highest BCUT2D eigenvalue weighted by Gasteiger charge is 2.02. The molecule has 1 aromatic carbocycles. The van der Waals surface area contributed by atoms with Gasteiger partial charge in [-0.2, -0.15) is 0 Å². The van der Waals surface area contributed by atoms with Crippen LogP contribution in [0.15, 0.2) is 22.7 Å². The van der Waals surface area contributed by atoms with Crippen molar-refractivity contribution < 1.29 is 5.11 Å². The quantitative estimate of drug-likeness (QED) is 0.790. The standard InChI is InChI=1S/C12H17BrClNO/c1-2-11(16)5-6-15-8-9-3-4-10(14)7-12(9)13/h3-4,7,11,15-16H,2,5-6,8H2,1H3. The molecule has 0 spiro atoms. The van der Waals surface area contributed by atoms with Crippen molar-refractivity contribution in [2.45, 2.75) is 32.4 Å². The zero-order valence-corrected chi connectivity index (χ0v) is 11.7. The Hall–Kier alpha value is -0.0900. The lowest BCUT2D eigenvalue weighted by molar-refractivity contribution is 0.159. The van der Waals surface area contributed by atoms with Crippen LogP contribution in [-0.2, 0) is 6.54 Å². The molecule has 0 amide bonds. The molecule has 2 N–H and O–H groups in total. The molecule has 0 fully saturated rings. The van der Waals surface area contributed by atoms with E-state index >= 15 is 0 Å². The van der Waals surface area contributed by atoms with Gasteiger partial charge in [0.2, 0.25) is 0 Å². The van der Waals surface area contributed by atoms with Crippen LogP contribution in [0.3, 0.4) is 0 Å². The molecule has 4 heteroatoms. The van der Waals surface area contributed by atoms with E-state index in [1.165, 1.54) is 5.56 Å². The van der Waals surface area contributed by atoms with E-state index in [1.54, 1.807) is 0 Å². The average molecular weight is 307 g/mol. The number of aliphatic hydroxyl groups is 1. The van der Waals surface area contributed by atoms with Gasteiger partial charge in [0.05, 0.1) is 6.10 Å². The number of rotatable bonds is 6. The lowest BCUT2D eigenvalue weighted by Crippen LogP contribution is -2.19. The molecule has 2 nitrogen and oxygen atoms in total. The van der Waals surface area contributed by atoms with Crippen LogP contribution in [0.4, 0.5) is 0 Å². The zero-order chi connectivity index (χ0) is 12.0. The number of aliphatic hydroxyl groups excluding tert-OH is 1. The Bertz CT molecular complexity index is 333. The van der Waals surface area contributed by atoms with E-state index in [4.69, 9.17) is 11.6 Å². The van der Waals surface area contributed by atoms with Gasteiger partial charge >= 0.3 is 0 Å². The summed E-state index contributed by atoms with van der Waals surface area (Å²) < 4.78 is 1.02. The Morgan fingerprint density at radius 3 is 2.88 bits per heavy atom. The monoisotopic (exact) mass is 305 g/mol. The molecule has 0 saturated heterocycles. The predicted molar refractivity (Wildman–Crippen MR) is 71.8 cm³/mol. The van der Waals surface area contributed by atoms with Crippen LogP contribution in [0.1, 0.15) is 25.3 Å². The zero-order valence-electron chi connectivity index (χ0n) is 9.34. The van der Waals surface area contributed by atoms with Crippen molar-refractivity contribution in [2.75, 3.05) is 6.54 Å². The summed E-state index contributed by atoms with van der Waals surface area (Å²) in [5.74, 6) is 0. The van der Waals surface area contributed by atoms with Crippen LogP contribution in [0.25, 0.3) is 0 Å². The van der Waals surface area contributed by atoms with Crippen molar-refractivity contribution in [3.8, 4) is 0 Å². The van der Waals surface area contributed by atoms with Gasteiger partial charge in [-0.15, -0.1) is 0 Å². The van der Waals surface area contributed by atoms with Gasteiger partial charge in [-0.25, -0.2) is 0 Å². The van der Waals surface area contributed by atoms with Crippen LogP contribution in [0.2, 0.25) is 5.02 Å². The summed E-state index contributed by atoms with van der Waals surface area (Å²) in [4.78, 5) is 0. The maximum absolute atomic E-state index is 9.38. The van der Waals surface area contributed by atoms with Gasteiger partial charge in [-0.3, -0.25) is 0 Å². The Morgan fingerprint density at radius 2 is 2.25 bits per heavy atom. The minimum atomic E-state index is -0.193. The summed E-state index contributed by atoms with van der Waals surface area (Å²) >= 11 is 9.32. The molecule has 1 rings (SSSR count). The van der Waals surface area contributed by atoms with Gasteiger partial charge < -0.3 is 10.4 Å². The first-order valence-corrected chi connectivity index (χ1v) is 6.63. The van der Waals surface area contributed by atoms with E-state index in [0.29, 0.717) is 0 Å². The third kappa shape index (κ3) is 4.83. The lowest BCUT2D eigenvalue weighted by Gasteiger charge is -2.09. The Balaban J connectivity index is 2.32. The highest BCUT2D eigenvalue weighted by atomic mass is 79.9. The molecular weight excluding hydrogens is 289 g/mol. The van der Waals surface area contributed by atoms with E-state index in [0.717, 1.165) is 35.4 Å². The molecule has 90 valence electrons. The SMILES string of the molecule is CCC(O)CCNCc1ccc(Cl)cc1Br. The third-order valence-electron chi connectivity index (χ3n) is 2.46. The summed E-state index contributed by atoms with van der Waals surface area (Å²) in [6, 6.07) is 5.76. The fourth-order valence-corrected chi connectivity index (χ4v) is 2.18. The van der Waals surface area contributed by atoms with Gasteiger partial charge in [-0.05, 0) is 37.1 Å². The molecule has 0 heterocycles. The maximum atomic E-state index is 9.38. The van der Waals surface area contributed by atoms with E-state index in [1.807, 2.05) is 25.1 Å². The van der Waals surface area contributed by atoms with Gasteiger partial charge in [0.15, 0.2) is 0 Å². The number of hydrogen-bond acceptors (Lipinski definition) is 2. The molecule has 16 heavy (non-hydrogen) atoms. The van der Waals surface area contributed by atoms with Crippen LogP contribution in [0, 0.1) is 0 Å². The van der Waals surface area contributed by atoms with E-state index < -0.39 is 0 Å². The van der Waals surface area contributed by atoms with Crippen LogP contribution in [-0.4, -0.2) is 17.8 Å². The number of hydrogen-bond donors (Lipinski definition) is 2. The number of halogens is 2. The molecule has 0 aliphatic carbocycles. The van der Waals surface area contributed by atoms with Gasteiger partial charge in [0, 0.05) is 16.0 Å². The molecule has 0 aliphatic heterocycles. The summed E-state index contributed by atoms with van der Waals surface area (Å²) in [6.45, 7) is 3.60. The minimum absolute atomic E-state index is 0.193. The summed E-state index contributed by atoms with van der Waals surface area (Å²) in [6.07, 6.45) is 1.41. The lowest BCUT2D eigenvalue weighted by atomic mass is 10.2. The van der Waals surface area contributed by atoms with Gasteiger partial charge in [-0.1, -0.05) is 40.5 Å². The second kappa shape index (κ2) is 7.28. The first kappa shape index (κ1) is 14.0. The van der Waals surface area contributed by atoms with Crippen LogP contribution < -0.4 is 5.32 Å². The summed E-state index contributed by atoms with van der Waals surface area (Å²) in [7, 11) is 0. The molecular formula is C12H17BrClNO. The number of benzene rings is 1. The first-order valence-electron chi connectivity index (χ1n) is 5.46. The van der Waals surface area contributed by atoms with Gasteiger partial charge in [0.1, 0.15) is 0 Å². The van der Waals surface area contributed by atoms with Crippen molar-refractivity contribution in [1.82, 2.24) is 5.32 Å². The molecule has 1 unspecified atom stereocenters. The van der Waals surface area contributed by atoms with E-state index in [-0.39, 0.29) is 6.10 Å². The normalized spacial score (nSPS) is 12.8. The Morgan fingerprint density at radius 1 is 1.50 bits per heavy atom. The Kier molecular flexibility index (Phi) is 6.36. The fraction of sp³-hybridized carbons (Fsp3) is 0.500. The average Bonchev–Trinajstić information content (AvgIpc) is 2.26. The fourth-order valence-electron chi connectivity index (χ4n) is 1.36. The molecule has 0 bridgehead atoms. The van der Waals surface area contributed by atoms with Gasteiger partial charge in [0.25, 0.3) is 0 Å². The minimum Gasteiger partial charge on any atom is -0.393 e. The predicted octanol–water partition coefficient (Wildman–Crippen LogP) is 3.35. The maximum Gasteiger partial charge on any atom is 0.0549 e. The van der Waals surface area contributed by atoms with Crippen molar-refractivity contribution in [2.24, 2.45) is 0 Å². The second-order valence-electron chi connectivity index (χ2n) is 3.76. The van der Waals surface area contributed by atoms with E-state index in [9.17, 15) is 5.11 Å². The molecule has 0 aliphatic rings. The highest BCUT2D eigenvalue weighted by molar-refractivity contribution is 9.10. The van der Waals surface area contributed by atoms with Crippen molar-refractivity contribution in [3.05, 3.63) is 33.3 Å². The molecule has 1 atom stereocenters. The van der Waals surface area contributed by atoms with Crippen molar-refractivity contribution in [3.63, 3.8) is 0 Å². The van der Waals surface area contributed by atoms with Crippen molar-refractivity contribution >= 4 is 27.5 Å². The Labute approximate surface area is 110 Å². The third-order valence-corrected chi connectivity index (χ3v) is 3.43. The highest BCUT2D eigenvalue weighted by Crippen LogP contribution is 2.21. The van der Waals surface area contributed by atoms with Crippen molar-refractivity contribution in [1.29, 1.82) is 0 Å². The molecule has 1 aromatic rings.